The molecule has 2 aliphatic heterocycles. The van der Waals surface area contributed by atoms with Crippen molar-refractivity contribution in [2.24, 2.45) is 17.8 Å². The summed E-state index contributed by atoms with van der Waals surface area (Å²) in [6.45, 7) is 0.888. The van der Waals surface area contributed by atoms with Crippen molar-refractivity contribution < 1.29 is 18.3 Å². The number of aromatic carboxylic acids is 1. The van der Waals surface area contributed by atoms with Crippen molar-refractivity contribution in [3.8, 4) is 0 Å². The molecule has 1 aliphatic carbocycles. The van der Waals surface area contributed by atoms with E-state index in [1.807, 2.05) is 24.3 Å². The van der Waals surface area contributed by atoms with Crippen molar-refractivity contribution in [2.45, 2.75) is 48.6 Å². The van der Waals surface area contributed by atoms with Crippen molar-refractivity contribution in [3.05, 3.63) is 99.5 Å². The quantitative estimate of drug-likeness (QED) is 0.312. The fraction of sp³-hybridized carbons (Fsp3) is 0.387. The number of nitrogens with one attached hydrogen (secondary N) is 2. The Morgan fingerprint density at radius 3 is 2.05 bits per heavy atom. The van der Waals surface area contributed by atoms with Crippen molar-refractivity contribution in [2.75, 3.05) is 13.1 Å². The van der Waals surface area contributed by atoms with Gasteiger partial charge in [0.05, 0.1) is 10.5 Å². The Balaban J connectivity index is 1.20. The topological polar surface area (TPSA) is 98.7 Å². The van der Waals surface area contributed by atoms with Crippen molar-refractivity contribution in [1.82, 2.24) is 15.2 Å². The van der Waals surface area contributed by atoms with Crippen LogP contribution in [0.3, 0.4) is 0 Å². The van der Waals surface area contributed by atoms with Crippen LogP contribution in [0.15, 0.2) is 77.7 Å². The summed E-state index contributed by atoms with van der Waals surface area (Å²) in [6.07, 6.45) is 3.92. The van der Waals surface area contributed by atoms with Crippen LogP contribution in [0.4, 0.5) is 0 Å². The summed E-state index contributed by atoms with van der Waals surface area (Å²) >= 11 is 12.5. The van der Waals surface area contributed by atoms with Gasteiger partial charge in [-0.1, -0.05) is 47.5 Å². The molecule has 3 aromatic carbocycles. The smallest absolute Gasteiger partial charge is 0.335 e. The van der Waals surface area contributed by atoms with Gasteiger partial charge in [0.25, 0.3) is 0 Å². The van der Waals surface area contributed by atoms with Gasteiger partial charge in [-0.25, -0.2) is 13.2 Å². The van der Waals surface area contributed by atoms with E-state index in [9.17, 15) is 13.2 Å². The summed E-state index contributed by atoms with van der Waals surface area (Å²) in [5.41, 5.74) is 9.63. The molecule has 0 aromatic heterocycles. The van der Waals surface area contributed by atoms with Gasteiger partial charge in [-0.05, 0) is 103 Å². The number of nitrogens with zero attached hydrogens (tertiary/aromatic N) is 1. The van der Waals surface area contributed by atoms with Crippen LogP contribution in [0.25, 0.3) is 0 Å². The molecule has 0 spiro atoms. The molecule has 1 saturated carbocycles. The molecule has 3 aliphatic rings. The molecule has 5 atom stereocenters. The van der Waals surface area contributed by atoms with Gasteiger partial charge in [-0.15, -0.1) is 0 Å². The van der Waals surface area contributed by atoms with E-state index in [4.69, 9.17) is 28.3 Å². The van der Waals surface area contributed by atoms with E-state index in [0.717, 1.165) is 35.7 Å². The minimum absolute atomic E-state index is 0.0675. The molecule has 3 aromatic rings. The van der Waals surface area contributed by atoms with E-state index in [2.05, 4.69) is 35.1 Å². The minimum atomic E-state index is -3.71. The Kier molecular flexibility index (Phi) is 8.15. The lowest BCUT2D eigenvalue weighted by Crippen LogP contribution is -2.41. The number of hydrogen-bond donors (Lipinski definition) is 3. The number of carbonyl (C=O) groups is 1. The lowest BCUT2D eigenvalue weighted by Gasteiger charge is -2.39. The second kappa shape index (κ2) is 11.7. The highest BCUT2D eigenvalue weighted by atomic mass is 35.5. The van der Waals surface area contributed by atoms with Gasteiger partial charge < -0.3 is 5.11 Å². The predicted octanol–water partition coefficient (Wildman–Crippen LogP) is 5.80. The maximum Gasteiger partial charge on any atom is 0.335 e. The first-order valence-corrected chi connectivity index (χ1v) is 16.3. The number of hydrogen-bond acceptors (Lipinski definition) is 5. The van der Waals surface area contributed by atoms with Gasteiger partial charge >= 0.3 is 5.97 Å². The fourth-order valence-corrected chi connectivity index (χ4v) is 8.92. The number of fused-ring (bicyclic) bond motifs is 1. The third-order valence-electron chi connectivity index (χ3n) is 9.20. The molecular weight excluding hydrogens is 581 g/mol. The number of benzene rings is 3. The molecule has 3 N–H and O–H groups in total. The van der Waals surface area contributed by atoms with Crippen molar-refractivity contribution >= 4 is 39.2 Å². The first-order chi connectivity index (χ1) is 19.7. The van der Waals surface area contributed by atoms with Crippen LogP contribution >= 0.6 is 23.2 Å². The first kappa shape index (κ1) is 28.6. The van der Waals surface area contributed by atoms with E-state index in [1.165, 1.54) is 35.4 Å². The van der Waals surface area contributed by atoms with Gasteiger partial charge in [0.2, 0.25) is 10.0 Å². The second-order valence-electron chi connectivity index (χ2n) is 11.5. The molecule has 5 unspecified atom stereocenters. The number of halogens is 2. The van der Waals surface area contributed by atoms with E-state index in [0.29, 0.717) is 31.0 Å². The summed E-state index contributed by atoms with van der Waals surface area (Å²) < 4.78 is 28.3. The Morgan fingerprint density at radius 1 is 0.854 bits per heavy atom. The van der Waals surface area contributed by atoms with E-state index >= 15 is 0 Å². The van der Waals surface area contributed by atoms with Crippen LogP contribution in [0.5, 0.6) is 0 Å². The van der Waals surface area contributed by atoms with Gasteiger partial charge in [-0.2, -0.15) is 4.31 Å². The molecule has 3 fully saturated rings. The third-order valence-corrected chi connectivity index (χ3v) is 11.6. The van der Waals surface area contributed by atoms with Gasteiger partial charge in [-0.3, -0.25) is 10.9 Å². The summed E-state index contributed by atoms with van der Waals surface area (Å²) in [6, 6.07) is 22.3. The number of carboxylic acids is 1. The monoisotopic (exact) mass is 613 g/mol. The van der Waals surface area contributed by atoms with Gasteiger partial charge in [0.1, 0.15) is 0 Å². The van der Waals surface area contributed by atoms with E-state index < -0.39 is 16.0 Å². The molecule has 2 saturated heterocycles. The third kappa shape index (κ3) is 5.78. The molecule has 41 heavy (non-hydrogen) atoms. The Bertz CT molecular complexity index is 1450. The molecule has 10 heteroatoms. The maximum absolute atomic E-state index is 13.4. The predicted molar refractivity (Wildman–Crippen MR) is 160 cm³/mol. The second-order valence-corrected chi connectivity index (χ2v) is 14.3. The normalized spacial score (nSPS) is 26.8. The molecule has 7 nitrogen and oxygen atoms in total. The largest absolute Gasteiger partial charge is 0.478 e. The Hall–Kier alpha value is -2.46. The molecule has 6 rings (SSSR count). The molecule has 2 heterocycles. The summed E-state index contributed by atoms with van der Waals surface area (Å²) in [5.74, 6) is 0.0923. The first-order valence-electron chi connectivity index (χ1n) is 14.1. The van der Waals surface area contributed by atoms with Gasteiger partial charge in [0, 0.05) is 41.1 Å². The van der Waals surface area contributed by atoms with Crippen LogP contribution in [0.2, 0.25) is 10.0 Å². The molecule has 0 amide bonds. The molecule has 216 valence electrons. The van der Waals surface area contributed by atoms with Crippen LogP contribution in [0, 0.1) is 17.8 Å². The zero-order valence-electron chi connectivity index (χ0n) is 22.4. The minimum Gasteiger partial charge on any atom is -0.478 e. The van der Waals surface area contributed by atoms with Crippen molar-refractivity contribution in [3.63, 3.8) is 0 Å². The average molecular weight is 615 g/mol. The average Bonchev–Trinajstić information content (AvgIpc) is 3.63. The number of carboxylic acid groups (broad SMARTS) is 1. The Morgan fingerprint density at radius 2 is 1.46 bits per heavy atom. The summed E-state index contributed by atoms with van der Waals surface area (Å²) in [5, 5.41) is 10.6. The van der Waals surface area contributed by atoms with E-state index in [-0.39, 0.29) is 28.3 Å². The number of rotatable bonds is 7. The number of sulfonamides is 1. The summed E-state index contributed by atoms with van der Waals surface area (Å²) in [4.78, 5) is 11.3. The molecule has 0 radical (unpaired) electrons. The lowest BCUT2D eigenvalue weighted by molar-refractivity contribution is 0.0696. The lowest BCUT2D eigenvalue weighted by atomic mass is 9.66. The van der Waals surface area contributed by atoms with Crippen LogP contribution in [0.1, 0.15) is 53.1 Å². The van der Waals surface area contributed by atoms with Crippen LogP contribution in [-0.2, 0) is 10.0 Å². The Labute approximate surface area is 250 Å². The zero-order valence-corrected chi connectivity index (χ0v) is 24.7. The molecular formula is C31H33Cl2N3O4S. The van der Waals surface area contributed by atoms with Crippen molar-refractivity contribution in [1.29, 1.82) is 0 Å². The maximum atomic E-state index is 13.4. The molecule has 0 bridgehead atoms. The highest BCUT2D eigenvalue weighted by molar-refractivity contribution is 7.89. The van der Waals surface area contributed by atoms with Crippen LogP contribution in [-0.4, -0.2) is 49.0 Å². The zero-order chi connectivity index (χ0) is 28.7. The number of hydrazine groups is 1. The SMILES string of the molecule is O=C(O)c1ccc(S(=O)(=O)N2CCC(C3NNC4CCC(C(c5ccc(Cl)cc5)c5ccc(Cl)cc5)CC43)C2)cc1. The highest BCUT2D eigenvalue weighted by Crippen LogP contribution is 2.46. The standard InChI is InChI=1S/C31H33Cl2N3O4S/c32-24-8-1-19(2-9-24)29(20-3-10-25(33)11-4-20)22-7-14-28-27(17-22)30(35-34-28)23-15-16-36(18-23)41(39,40)26-12-5-21(6-13-26)31(37)38/h1-6,8-13,22-23,27-30,34-35H,7,14-18H2,(H,37,38). The fourth-order valence-electron chi connectivity index (χ4n) is 7.16. The van der Waals surface area contributed by atoms with E-state index in [1.54, 1.807) is 4.31 Å². The van der Waals surface area contributed by atoms with Crippen LogP contribution < -0.4 is 10.9 Å². The highest BCUT2D eigenvalue weighted by Gasteiger charge is 2.47. The summed E-state index contributed by atoms with van der Waals surface area (Å²) in [7, 11) is -3.71. The van der Waals surface area contributed by atoms with Gasteiger partial charge in [0.15, 0.2) is 0 Å².